The lowest BCUT2D eigenvalue weighted by Gasteiger charge is -2.08. The van der Waals surface area contributed by atoms with Gasteiger partial charge in [-0.15, -0.1) is 11.6 Å². The quantitative estimate of drug-likeness (QED) is 0.691. The summed E-state index contributed by atoms with van der Waals surface area (Å²) in [6, 6.07) is 9.29. The van der Waals surface area contributed by atoms with Crippen molar-refractivity contribution >= 4 is 34.2 Å². The van der Waals surface area contributed by atoms with Crippen LogP contribution in [0, 0.1) is 0 Å². The largest absolute Gasteiger partial charge is 0.481 e. The molecule has 1 aromatic carbocycles. The molecule has 6 heteroatoms. The van der Waals surface area contributed by atoms with E-state index in [1.54, 1.807) is 19.4 Å². The van der Waals surface area contributed by atoms with Gasteiger partial charge < -0.3 is 4.74 Å². The van der Waals surface area contributed by atoms with Crippen LogP contribution in [0.2, 0.25) is 5.02 Å². The van der Waals surface area contributed by atoms with Crippen LogP contribution < -0.4 is 4.74 Å². The molecule has 3 aromatic rings. The van der Waals surface area contributed by atoms with Gasteiger partial charge in [-0.1, -0.05) is 11.6 Å². The molecule has 3 rings (SSSR count). The molecular formula is C14H11Cl2N3O. The van der Waals surface area contributed by atoms with E-state index in [1.165, 1.54) is 0 Å². The first-order valence-corrected chi connectivity index (χ1v) is 6.87. The second-order valence-electron chi connectivity index (χ2n) is 4.19. The van der Waals surface area contributed by atoms with Crippen LogP contribution >= 0.6 is 23.2 Å². The summed E-state index contributed by atoms with van der Waals surface area (Å²) in [7, 11) is 1.58. The van der Waals surface area contributed by atoms with Crippen LogP contribution in [0.25, 0.3) is 16.7 Å². The fourth-order valence-corrected chi connectivity index (χ4v) is 2.45. The van der Waals surface area contributed by atoms with E-state index < -0.39 is 0 Å². The van der Waals surface area contributed by atoms with Gasteiger partial charge in [0.1, 0.15) is 5.82 Å². The Labute approximate surface area is 125 Å². The third kappa shape index (κ3) is 2.21. The summed E-state index contributed by atoms with van der Waals surface area (Å²) in [6.45, 7) is 0. The SMILES string of the molecule is COc1ccc(-n2c(CCl)nc3cc(Cl)ccc32)cn1. The van der Waals surface area contributed by atoms with Crippen molar-refractivity contribution in [3.63, 3.8) is 0 Å². The van der Waals surface area contributed by atoms with Gasteiger partial charge in [0.2, 0.25) is 5.88 Å². The molecule has 0 radical (unpaired) electrons. The number of hydrogen-bond acceptors (Lipinski definition) is 3. The van der Waals surface area contributed by atoms with Crippen molar-refractivity contribution in [2.45, 2.75) is 5.88 Å². The Balaban J connectivity index is 2.22. The van der Waals surface area contributed by atoms with Crippen LogP contribution in [0.1, 0.15) is 5.82 Å². The predicted molar refractivity (Wildman–Crippen MR) is 80.0 cm³/mol. The minimum atomic E-state index is 0.304. The zero-order valence-electron chi connectivity index (χ0n) is 10.7. The molecule has 4 nitrogen and oxygen atoms in total. The number of halogens is 2. The van der Waals surface area contributed by atoms with Gasteiger partial charge in [-0.3, -0.25) is 4.57 Å². The highest BCUT2D eigenvalue weighted by Crippen LogP contribution is 2.25. The molecule has 0 aliphatic heterocycles. The molecule has 0 saturated heterocycles. The first kappa shape index (κ1) is 13.2. The van der Waals surface area contributed by atoms with Crippen molar-refractivity contribution in [2.75, 3.05) is 7.11 Å². The number of hydrogen-bond donors (Lipinski definition) is 0. The number of rotatable bonds is 3. The topological polar surface area (TPSA) is 39.9 Å². The number of fused-ring (bicyclic) bond motifs is 1. The summed E-state index contributed by atoms with van der Waals surface area (Å²) in [5, 5.41) is 0.649. The molecule has 2 heterocycles. The number of pyridine rings is 1. The van der Waals surface area contributed by atoms with E-state index >= 15 is 0 Å². The molecule has 20 heavy (non-hydrogen) atoms. The molecule has 0 unspecified atom stereocenters. The number of methoxy groups -OCH3 is 1. The normalized spacial score (nSPS) is 10.9. The number of alkyl halides is 1. The standard InChI is InChI=1S/C14H11Cl2N3O/c1-20-14-5-3-10(8-17-14)19-12-4-2-9(16)6-11(12)18-13(19)7-15/h2-6,8H,7H2,1H3. The van der Waals surface area contributed by atoms with Gasteiger partial charge in [0.05, 0.1) is 35.9 Å². The smallest absolute Gasteiger partial charge is 0.213 e. The van der Waals surface area contributed by atoms with Crippen molar-refractivity contribution in [1.82, 2.24) is 14.5 Å². The van der Waals surface area contributed by atoms with E-state index in [9.17, 15) is 0 Å². The van der Waals surface area contributed by atoms with Crippen LogP contribution in [0.4, 0.5) is 0 Å². The van der Waals surface area contributed by atoms with Crippen molar-refractivity contribution in [2.24, 2.45) is 0 Å². The van der Waals surface area contributed by atoms with Gasteiger partial charge in [0, 0.05) is 11.1 Å². The average Bonchev–Trinajstić information content (AvgIpc) is 2.84. The summed E-state index contributed by atoms with van der Waals surface area (Å²) in [5.74, 6) is 1.61. The van der Waals surface area contributed by atoms with Gasteiger partial charge >= 0.3 is 0 Å². The van der Waals surface area contributed by atoms with Crippen LogP contribution in [0.15, 0.2) is 36.5 Å². The molecule has 2 aromatic heterocycles. The molecule has 0 aliphatic rings. The van der Waals surface area contributed by atoms with Crippen molar-refractivity contribution in [3.05, 3.63) is 47.4 Å². The van der Waals surface area contributed by atoms with Crippen LogP contribution in [0.3, 0.4) is 0 Å². The maximum absolute atomic E-state index is 6.00. The van der Waals surface area contributed by atoms with Gasteiger partial charge in [0.25, 0.3) is 0 Å². The molecule has 0 bridgehead atoms. The average molecular weight is 308 g/mol. The predicted octanol–water partition coefficient (Wildman–Crippen LogP) is 3.82. The Kier molecular flexibility index (Phi) is 3.51. The highest BCUT2D eigenvalue weighted by molar-refractivity contribution is 6.31. The second-order valence-corrected chi connectivity index (χ2v) is 4.89. The van der Waals surface area contributed by atoms with Crippen LogP contribution in [-0.4, -0.2) is 21.6 Å². The van der Waals surface area contributed by atoms with Crippen LogP contribution in [-0.2, 0) is 5.88 Å². The number of nitrogens with zero attached hydrogens (tertiary/aromatic N) is 3. The van der Waals surface area contributed by atoms with Crippen molar-refractivity contribution in [3.8, 4) is 11.6 Å². The third-order valence-corrected chi connectivity index (χ3v) is 3.47. The van der Waals surface area contributed by atoms with Crippen molar-refractivity contribution in [1.29, 1.82) is 0 Å². The lowest BCUT2D eigenvalue weighted by Crippen LogP contribution is -2.00. The Morgan fingerprint density at radius 2 is 2.10 bits per heavy atom. The van der Waals surface area contributed by atoms with E-state index in [0.29, 0.717) is 16.8 Å². The van der Waals surface area contributed by atoms with Gasteiger partial charge in [-0.05, 0) is 24.3 Å². The van der Waals surface area contributed by atoms with E-state index in [1.807, 2.05) is 28.8 Å². The molecule has 0 amide bonds. The van der Waals surface area contributed by atoms with E-state index in [4.69, 9.17) is 27.9 Å². The fourth-order valence-electron chi connectivity index (χ4n) is 2.11. The molecule has 0 spiro atoms. The number of benzene rings is 1. The summed E-state index contributed by atoms with van der Waals surface area (Å²) >= 11 is 12.0. The number of imidazole rings is 1. The Hall–Kier alpha value is -1.78. The Morgan fingerprint density at radius 3 is 2.75 bits per heavy atom. The van der Waals surface area contributed by atoms with Crippen molar-refractivity contribution < 1.29 is 4.74 Å². The minimum Gasteiger partial charge on any atom is -0.481 e. The van der Waals surface area contributed by atoms with Crippen LogP contribution in [0.5, 0.6) is 5.88 Å². The molecular weight excluding hydrogens is 297 g/mol. The second kappa shape index (κ2) is 5.31. The summed E-state index contributed by atoms with van der Waals surface area (Å²) in [5.41, 5.74) is 2.63. The third-order valence-electron chi connectivity index (χ3n) is 2.99. The summed E-state index contributed by atoms with van der Waals surface area (Å²) < 4.78 is 7.03. The highest BCUT2D eigenvalue weighted by atomic mass is 35.5. The molecule has 0 aliphatic carbocycles. The fraction of sp³-hybridized carbons (Fsp3) is 0.143. The molecule has 0 atom stereocenters. The minimum absolute atomic E-state index is 0.304. The first-order valence-electron chi connectivity index (χ1n) is 5.96. The lowest BCUT2D eigenvalue weighted by atomic mass is 10.3. The Morgan fingerprint density at radius 1 is 1.25 bits per heavy atom. The summed E-state index contributed by atoms with van der Waals surface area (Å²) in [4.78, 5) is 8.71. The molecule has 0 N–H and O–H groups in total. The molecule has 0 fully saturated rings. The number of aromatic nitrogens is 3. The van der Waals surface area contributed by atoms with E-state index in [-0.39, 0.29) is 0 Å². The Bertz CT molecular complexity index is 753. The summed E-state index contributed by atoms with van der Waals surface area (Å²) in [6.07, 6.45) is 1.73. The highest BCUT2D eigenvalue weighted by Gasteiger charge is 2.12. The van der Waals surface area contributed by atoms with Gasteiger partial charge in [-0.2, -0.15) is 0 Å². The van der Waals surface area contributed by atoms with E-state index in [2.05, 4.69) is 9.97 Å². The zero-order chi connectivity index (χ0) is 14.1. The van der Waals surface area contributed by atoms with Gasteiger partial charge in [0.15, 0.2) is 0 Å². The first-order chi connectivity index (χ1) is 9.72. The maximum Gasteiger partial charge on any atom is 0.213 e. The number of ether oxygens (including phenoxy) is 1. The molecule has 102 valence electrons. The maximum atomic E-state index is 6.00. The van der Waals surface area contributed by atoms with E-state index in [0.717, 1.165) is 22.5 Å². The molecule has 0 saturated carbocycles. The lowest BCUT2D eigenvalue weighted by molar-refractivity contribution is 0.398. The zero-order valence-corrected chi connectivity index (χ0v) is 12.2. The monoisotopic (exact) mass is 307 g/mol. The van der Waals surface area contributed by atoms with Gasteiger partial charge in [-0.25, -0.2) is 9.97 Å².